The first-order valence-corrected chi connectivity index (χ1v) is 17.7. The summed E-state index contributed by atoms with van der Waals surface area (Å²) in [6.45, 7) is 2.25. The molecule has 0 amide bonds. The zero-order chi connectivity index (χ0) is 37.4. The number of aliphatic carboxylic acids is 1. The molecule has 0 saturated carbocycles. The highest BCUT2D eigenvalue weighted by Crippen LogP contribution is 2.46. The van der Waals surface area contributed by atoms with Crippen LogP contribution < -0.4 is 30.6 Å². The molecule has 0 aromatic heterocycles. The lowest BCUT2D eigenvalue weighted by Gasteiger charge is -2.40. The Kier molecular flexibility index (Phi) is 13.3. The summed E-state index contributed by atoms with van der Waals surface area (Å²) >= 11 is 0. The average Bonchev–Trinajstić information content (AvgIpc) is 3.58. The fraction of sp³-hybridized carbons (Fsp3) is 0.500. The molecular formula is C38H51N3O11. The van der Waals surface area contributed by atoms with Crippen molar-refractivity contribution in [3.8, 4) is 28.7 Å². The second-order valence-corrected chi connectivity index (χ2v) is 13.4. The number of hydrogen-bond donors (Lipinski definition) is 9. The van der Waals surface area contributed by atoms with Crippen molar-refractivity contribution in [1.82, 2.24) is 10.6 Å². The number of methoxy groups -OCH3 is 1. The number of likely N-dealkylation sites (N-methyl/N-ethyl adjacent to an activating group) is 1. The van der Waals surface area contributed by atoms with Crippen molar-refractivity contribution >= 4 is 5.97 Å². The van der Waals surface area contributed by atoms with Crippen LogP contribution in [0.4, 0.5) is 0 Å². The molecule has 0 radical (unpaired) electrons. The molecule has 14 nitrogen and oxygen atoms in total. The molecular weight excluding hydrogens is 674 g/mol. The van der Waals surface area contributed by atoms with Gasteiger partial charge in [-0.25, -0.2) is 0 Å². The van der Waals surface area contributed by atoms with Gasteiger partial charge in [-0.2, -0.15) is 0 Å². The third-order valence-corrected chi connectivity index (χ3v) is 10.1. The van der Waals surface area contributed by atoms with E-state index in [9.17, 15) is 30.3 Å². The van der Waals surface area contributed by atoms with Gasteiger partial charge in [-0.15, -0.1) is 0 Å². The molecule has 3 aliphatic rings. The number of nitrogens with one attached hydrogen (secondary N) is 2. The average molecular weight is 726 g/mol. The first kappa shape index (κ1) is 38.8. The maximum atomic E-state index is 12.4. The van der Waals surface area contributed by atoms with Crippen molar-refractivity contribution in [2.45, 2.75) is 57.0 Å². The predicted molar refractivity (Wildman–Crippen MR) is 191 cm³/mol. The fourth-order valence-corrected chi connectivity index (χ4v) is 7.63. The number of allylic oxidation sites excluding steroid dienone is 3. The highest BCUT2D eigenvalue weighted by Gasteiger charge is 2.43. The van der Waals surface area contributed by atoms with Crippen molar-refractivity contribution in [2.24, 2.45) is 29.4 Å². The number of carboxylic acid groups (broad SMARTS) is 1. The fourth-order valence-electron chi connectivity index (χ4n) is 7.63. The second kappa shape index (κ2) is 17.8. The molecule has 1 fully saturated rings. The molecule has 1 saturated heterocycles. The quantitative estimate of drug-likeness (QED) is 0.0844. The number of aliphatic hydroxyl groups is 3. The number of phenolic OH excluding ortho intramolecular Hbond substituents is 2. The lowest BCUT2D eigenvalue weighted by Crippen LogP contribution is -2.47. The van der Waals surface area contributed by atoms with Gasteiger partial charge in [0.2, 0.25) is 5.75 Å². The lowest BCUT2D eigenvalue weighted by molar-refractivity contribution is -0.144. The van der Waals surface area contributed by atoms with Crippen LogP contribution in [0.2, 0.25) is 0 Å². The molecule has 8 atom stereocenters. The van der Waals surface area contributed by atoms with E-state index >= 15 is 0 Å². The monoisotopic (exact) mass is 725 g/mol. The van der Waals surface area contributed by atoms with Crippen LogP contribution in [-0.4, -0.2) is 95.1 Å². The van der Waals surface area contributed by atoms with Crippen molar-refractivity contribution in [1.29, 1.82) is 0 Å². The number of aryl methyl sites for hydroxylation is 1. The van der Waals surface area contributed by atoms with Gasteiger partial charge in [0.1, 0.15) is 6.61 Å². The van der Waals surface area contributed by atoms with Crippen molar-refractivity contribution in [3.63, 3.8) is 0 Å². The van der Waals surface area contributed by atoms with E-state index in [4.69, 9.17) is 29.8 Å². The van der Waals surface area contributed by atoms with Crippen molar-refractivity contribution < 1.29 is 54.4 Å². The summed E-state index contributed by atoms with van der Waals surface area (Å²) in [6.07, 6.45) is 7.18. The summed E-state index contributed by atoms with van der Waals surface area (Å²) in [6, 6.07) is 7.70. The molecule has 10 N–H and O–H groups in total. The van der Waals surface area contributed by atoms with E-state index in [1.54, 1.807) is 30.3 Å². The Bertz CT molecular complexity index is 1630. The summed E-state index contributed by atoms with van der Waals surface area (Å²) in [5, 5.41) is 68.2. The second-order valence-electron chi connectivity index (χ2n) is 13.4. The van der Waals surface area contributed by atoms with Crippen LogP contribution in [0.3, 0.4) is 0 Å². The van der Waals surface area contributed by atoms with Gasteiger partial charge < -0.3 is 66.0 Å². The van der Waals surface area contributed by atoms with Crippen molar-refractivity contribution in [3.05, 3.63) is 77.2 Å². The van der Waals surface area contributed by atoms with E-state index in [-0.39, 0.29) is 60.4 Å². The summed E-state index contributed by atoms with van der Waals surface area (Å²) in [5.41, 5.74) is 8.38. The SMILES string of the molecule is CCNC(COc1cc(C2OC(CCc3ccc(O)c(OCO)c3)CC(O)C2CCO)cc(OC)c1O)C1C(C(=O)O)C=CC1C1=CCNC(N)=C1. The zero-order valence-electron chi connectivity index (χ0n) is 29.5. The van der Waals surface area contributed by atoms with Gasteiger partial charge in [-0.1, -0.05) is 31.2 Å². The third kappa shape index (κ3) is 8.93. The molecule has 0 bridgehead atoms. The Hall–Kier alpha value is -4.47. The Morgan fingerprint density at radius 1 is 1.10 bits per heavy atom. The molecule has 1 aliphatic carbocycles. The molecule has 2 aromatic carbocycles. The highest BCUT2D eigenvalue weighted by atomic mass is 16.6. The normalized spacial score (nSPS) is 26.2. The topological polar surface area (TPSA) is 225 Å². The van der Waals surface area contributed by atoms with Gasteiger partial charge in [0.25, 0.3) is 0 Å². The van der Waals surface area contributed by atoms with Gasteiger partial charge in [0, 0.05) is 36.9 Å². The van der Waals surface area contributed by atoms with Crippen molar-refractivity contribution in [2.75, 3.05) is 40.2 Å². The number of carbonyl (C=O) groups is 1. The minimum Gasteiger partial charge on any atom is -0.504 e. The van der Waals surface area contributed by atoms with Crippen LogP contribution in [0.5, 0.6) is 28.7 Å². The molecule has 2 aliphatic heterocycles. The van der Waals surface area contributed by atoms with Gasteiger partial charge in [-0.05, 0) is 79.3 Å². The number of dihydropyridines is 1. The lowest BCUT2D eigenvalue weighted by atomic mass is 9.78. The maximum Gasteiger partial charge on any atom is 0.310 e. The van der Waals surface area contributed by atoms with E-state index < -0.39 is 48.8 Å². The Morgan fingerprint density at radius 2 is 1.88 bits per heavy atom. The Balaban J connectivity index is 1.39. The van der Waals surface area contributed by atoms with Gasteiger partial charge >= 0.3 is 5.97 Å². The summed E-state index contributed by atoms with van der Waals surface area (Å²) in [7, 11) is 1.42. The molecule has 2 aromatic rings. The van der Waals surface area contributed by atoms with Gasteiger partial charge in [-0.3, -0.25) is 4.79 Å². The van der Waals surface area contributed by atoms with Crippen LogP contribution in [-0.2, 0) is 16.0 Å². The summed E-state index contributed by atoms with van der Waals surface area (Å²) in [4.78, 5) is 12.4. The number of phenols is 2. The standard InChI is InChI=1S/C38H51N3O11/c1-3-40-28(35-25(7-8-27(35)38(47)48)22-10-12-41-34(39)17-22)19-50-33-16-23(15-32(49-2)36(33)46)37-26(11-13-42)30(45)18-24(52-37)6-4-21-5-9-29(44)31(14-21)51-20-43/h5,7-10,14-17,24-28,30,35,37,40-46H,3-4,6,11-13,18-20,39H2,1-2H3,(H,47,48). The molecule has 8 unspecified atom stereocenters. The zero-order valence-corrected chi connectivity index (χ0v) is 29.5. The minimum atomic E-state index is -0.952. The van der Waals surface area contributed by atoms with Gasteiger partial charge in [0.05, 0.1) is 37.2 Å². The van der Waals surface area contributed by atoms with Crippen LogP contribution in [0.15, 0.2) is 66.0 Å². The van der Waals surface area contributed by atoms with E-state index in [2.05, 4.69) is 10.6 Å². The summed E-state index contributed by atoms with van der Waals surface area (Å²) in [5.74, 6) is -2.33. The number of rotatable bonds is 17. The van der Waals surface area contributed by atoms with Crippen LogP contribution >= 0.6 is 0 Å². The maximum absolute atomic E-state index is 12.4. The number of carboxylic acids is 1. The molecule has 284 valence electrons. The molecule has 0 spiro atoms. The predicted octanol–water partition coefficient (Wildman–Crippen LogP) is 2.45. The first-order chi connectivity index (χ1) is 25.1. The minimum absolute atomic E-state index is 0.0107. The Morgan fingerprint density at radius 3 is 2.58 bits per heavy atom. The summed E-state index contributed by atoms with van der Waals surface area (Å²) < 4.78 is 23.6. The number of nitrogens with two attached hydrogens (primary N) is 1. The smallest absolute Gasteiger partial charge is 0.310 e. The highest BCUT2D eigenvalue weighted by molar-refractivity contribution is 5.74. The molecule has 5 rings (SSSR count). The van der Waals surface area contributed by atoms with E-state index in [0.29, 0.717) is 43.7 Å². The number of aromatic hydroxyl groups is 2. The molecule has 14 heteroatoms. The number of hydrogen-bond acceptors (Lipinski definition) is 13. The van der Waals surface area contributed by atoms with Crippen LogP contribution in [0.1, 0.15) is 43.4 Å². The third-order valence-electron chi connectivity index (χ3n) is 10.1. The number of ether oxygens (including phenoxy) is 4. The van der Waals surface area contributed by atoms with E-state index in [1.165, 1.54) is 13.2 Å². The molecule has 2 heterocycles. The first-order valence-electron chi connectivity index (χ1n) is 17.7. The number of benzene rings is 2. The van der Waals surface area contributed by atoms with Crippen LogP contribution in [0.25, 0.3) is 0 Å². The largest absolute Gasteiger partial charge is 0.504 e. The molecule has 52 heavy (non-hydrogen) atoms. The van der Waals surface area contributed by atoms with E-state index in [0.717, 1.165) is 11.1 Å². The van der Waals surface area contributed by atoms with Gasteiger partial charge in [0.15, 0.2) is 29.8 Å². The van der Waals surface area contributed by atoms with E-state index in [1.807, 2.05) is 25.2 Å². The van der Waals surface area contributed by atoms with Crippen LogP contribution in [0, 0.1) is 23.7 Å². The number of aliphatic hydroxyl groups excluding tert-OH is 3. The Labute approximate surface area is 303 Å².